The Hall–Kier alpha value is -0.280. The lowest BCUT2D eigenvalue weighted by Crippen LogP contribution is -2.26. The van der Waals surface area contributed by atoms with Gasteiger partial charge in [-0.3, -0.25) is 0 Å². The highest BCUT2D eigenvalue weighted by Gasteiger charge is 2.57. The highest BCUT2D eigenvalue weighted by Crippen LogP contribution is 2.60. The fourth-order valence-electron chi connectivity index (χ4n) is 2.24. The van der Waals surface area contributed by atoms with E-state index in [1.807, 2.05) is 13.0 Å². The highest BCUT2D eigenvalue weighted by atomic mass is 79.9. The molecule has 0 saturated heterocycles. The summed E-state index contributed by atoms with van der Waals surface area (Å²) in [6.07, 6.45) is 2.65. The Morgan fingerprint density at radius 2 is 2.21 bits per heavy atom. The zero-order valence-corrected chi connectivity index (χ0v) is 10.3. The summed E-state index contributed by atoms with van der Waals surface area (Å²) in [5, 5.41) is 10.4. The molecule has 2 rings (SSSR count). The van der Waals surface area contributed by atoms with Crippen molar-refractivity contribution in [2.24, 2.45) is 11.3 Å². The summed E-state index contributed by atoms with van der Waals surface area (Å²) in [5.41, 5.74) is -0.623. The van der Waals surface area contributed by atoms with E-state index < -0.39 is 5.60 Å². The minimum atomic E-state index is -0.855. The number of hydrogen-bond acceptors (Lipinski definition) is 2. The Balaban J connectivity index is 2.30. The SMILES string of the molecule is CC1(C)CC1C(C)(O)c1occc1Br. The van der Waals surface area contributed by atoms with E-state index >= 15 is 0 Å². The molecule has 0 radical (unpaired) electrons. The van der Waals surface area contributed by atoms with E-state index in [1.165, 1.54) is 0 Å². The van der Waals surface area contributed by atoms with Crippen molar-refractivity contribution < 1.29 is 9.52 Å². The molecule has 1 N–H and O–H groups in total. The first-order chi connectivity index (χ1) is 6.36. The van der Waals surface area contributed by atoms with Crippen LogP contribution in [0.25, 0.3) is 0 Å². The van der Waals surface area contributed by atoms with Gasteiger partial charge >= 0.3 is 0 Å². The molecule has 1 saturated carbocycles. The van der Waals surface area contributed by atoms with Crippen LogP contribution in [0.4, 0.5) is 0 Å². The maximum atomic E-state index is 10.4. The van der Waals surface area contributed by atoms with E-state index in [4.69, 9.17) is 4.42 Å². The van der Waals surface area contributed by atoms with Crippen molar-refractivity contribution in [3.05, 3.63) is 22.6 Å². The van der Waals surface area contributed by atoms with Crippen molar-refractivity contribution in [2.75, 3.05) is 0 Å². The molecular weight excluding hydrogens is 244 g/mol. The van der Waals surface area contributed by atoms with Crippen LogP contribution in [0.5, 0.6) is 0 Å². The van der Waals surface area contributed by atoms with Gasteiger partial charge < -0.3 is 9.52 Å². The van der Waals surface area contributed by atoms with Crippen LogP contribution in [-0.2, 0) is 5.60 Å². The van der Waals surface area contributed by atoms with Crippen LogP contribution >= 0.6 is 15.9 Å². The molecule has 1 aromatic rings. The molecule has 78 valence electrons. The number of halogens is 1. The normalized spacial score (nSPS) is 28.5. The van der Waals surface area contributed by atoms with Crippen LogP contribution in [0.15, 0.2) is 21.2 Å². The fraction of sp³-hybridized carbons (Fsp3) is 0.636. The van der Waals surface area contributed by atoms with E-state index in [9.17, 15) is 5.11 Å². The summed E-state index contributed by atoms with van der Waals surface area (Å²) >= 11 is 3.38. The zero-order chi connectivity index (χ0) is 10.6. The molecule has 1 aliphatic carbocycles. The molecule has 1 aliphatic rings. The third-order valence-electron chi connectivity index (χ3n) is 3.27. The van der Waals surface area contributed by atoms with Gasteiger partial charge in [0.05, 0.1) is 10.7 Å². The first-order valence-electron chi connectivity index (χ1n) is 4.81. The lowest BCUT2D eigenvalue weighted by molar-refractivity contribution is -0.000709. The first kappa shape index (κ1) is 10.2. The number of hydrogen-bond donors (Lipinski definition) is 1. The van der Waals surface area contributed by atoms with Gasteiger partial charge in [0.15, 0.2) is 0 Å². The van der Waals surface area contributed by atoms with E-state index in [0.717, 1.165) is 10.9 Å². The lowest BCUT2D eigenvalue weighted by atomic mass is 9.92. The predicted molar refractivity (Wildman–Crippen MR) is 57.9 cm³/mol. The summed E-state index contributed by atoms with van der Waals surface area (Å²) in [4.78, 5) is 0. The minimum absolute atomic E-state index is 0.232. The second-order valence-electron chi connectivity index (χ2n) is 4.99. The lowest BCUT2D eigenvalue weighted by Gasteiger charge is -2.23. The van der Waals surface area contributed by atoms with Gasteiger partial charge in [0.25, 0.3) is 0 Å². The highest BCUT2D eigenvalue weighted by molar-refractivity contribution is 9.10. The maximum absolute atomic E-state index is 10.4. The molecule has 0 amide bonds. The Labute approximate surface area is 92.4 Å². The average Bonchev–Trinajstić information content (AvgIpc) is 2.52. The molecule has 2 unspecified atom stereocenters. The van der Waals surface area contributed by atoms with Gasteiger partial charge in [0.1, 0.15) is 11.4 Å². The molecule has 0 spiro atoms. The summed E-state index contributed by atoms with van der Waals surface area (Å²) in [7, 11) is 0. The van der Waals surface area contributed by atoms with Crippen LogP contribution < -0.4 is 0 Å². The van der Waals surface area contributed by atoms with Gasteiger partial charge in [-0.05, 0) is 40.8 Å². The molecular formula is C11H15BrO2. The van der Waals surface area contributed by atoms with Crippen LogP contribution in [0, 0.1) is 11.3 Å². The predicted octanol–water partition coefficient (Wildman–Crippen LogP) is 3.30. The molecule has 2 nitrogen and oxygen atoms in total. The number of rotatable bonds is 2. The van der Waals surface area contributed by atoms with Gasteiger partial charge in [0.2, 0.25) is 0 Å². The Kier molecular flexibility index (Phi) is 2.09. The van der Waals surface area contributed by atoms with Gasteiger partial charge in [-0.2, -0.15) is 0 Å². The summed E-state index contributed by atoms with van der Waals surface area (Å²) < 4.78 is 6.18. The number of furan rings is 1. The molecule has 0 aromatic carbocycles. The smallest absolute Gasteiger partial charge is 0.149 e. The van der Waals surface area contributed by atoms with Crippen LogP contribution in [0.3, 0.4) is 0 Å². The molecule has 14 heavy (non-hydrogen) atoms. The topological polar surface area (TPSA) is 33.4 Å². The standard InChI is InChI=1S/C11H15BrO2/c1-10(2)6-8(10)11(3,13)9-7(12)4-5-14-9/h4-5,8,13H,6H2,1-3H3. The van der Waals surface area contributed by atoms with Crippen molar-refractivity contribution in [1.29, 1.82) is 0 Å². The van der Waals surface area contributed by atoms with Crippen molar-refractivity contribution in [3.63, 3.8) is 0 Å². The van der Waals surface area contributed by atoms with Crippen LogP contribution in [0.1, 0.15) is 33.0 Å². The fourth-order valence-corrected chi connectivity index (χ4v) is 2.84. The minimum Gasteiger partial charge on any atom is -0.465 e. The maximum Gasteiger partial charge on any atom is 0.149 e. The summed E-state index contributed by atoms with van der Waals surface area (Å²) in [6, 6.07) is 1.82. The van der Waals surface area contributed by atoms with Gasteiger partial charge in [-0.15, -0.1) is 0 Å². The second-order valence-corrected chi connectivity index (χ2v) is 5.84. The summed E-state index contributed by atoms with van der Waals surface area (Å²) in [5.74, 6) is 0.936. The zero-order valence-electron chi connectivity index (χ0n) is 8.67. The second kappa shape index (κ2) is 2.86. The van der Waals surface area contributed by atoms with E-state index in [2.05, 4.69) is 29.8 Å². The Morgan fingerprint density at radius 1 is 1.64 bits per heavy atom. The summed E-state index contributed by atoms with van der Waals surface area (Å²) in [6.45, 7) is 6.17. The average molecular weight is 259 g/mol. The largest absolute Gasteiger partial charge is 0.465 e. The van der Waals surface area contributed by atoms with Crippen LogP contribution in [0.2, 0.25) is 0 Å². The molecule has 0 bridgehead atoms. The monoisotopic (exact) mass is 258 g/mol. The number of aliphatic hydroxyl groups is 1. The molecule has 3 heteroatoms. The molecule has 1 fully saturated rings. The molecule has 1 aromatic heterocycles. The van der Waals surface area contributed by atoms with E-state index in [-0.39, 0.29) is 11.3 Å². The van der Waals surface area contributed by atoms with Crippen molar-refractivity contribution in [1.82, 2.24) is 0 Å². The Morgan fingerprint density at radius 3 is 2.57 bits per heavy atom. The molecule has 1 heterocycles. The Bertz CT molecular complexity index is 352. The molecule has 2 atom stereocenters. The third-order valence-corrected chi connectivity index (χ3v) is 3.89. The van der Waals surface area contributed by atoms with Crippen molar-refractivity contribution >= 4 is 15.9 Å². The quantitative estimate of drug-likeness (QED) is 0.884. The van der Waals surface area contributed by atoms with E-state index in [1.54, 1.807) is 6.26 Å². The van der Waals surface area contributed by atoms with Gasteiger partial charge in [0, 0.05) is 5.92 Å². The van der Waals surface area contributed by atoms with Gasteiger partial charge in [-0.1, -0.05) is 13.8 Å². The third kappa shape index (κ3) is 1.43. The van der Waals surface area contributed by atoms with Crippen LogP contribution in [-0.4, -0.2) is 5.11 Å². The van der Waals surface area contributed by atoms with Crippen molar-refractivity contribution in [3.8, 4) is 0 Å². The van der Waals surface area contributed by atoms with Gasteiger partial charge in [-0.25, -0.2) is 0 Å². The van der Waals surface area contributed by atoms with Crippen molar-refractivity contribution in [2.45, 2.75) is 32.8 Å². The van der Waals surface area contributed by atoms with E-state index in [0.29, 0.717) is 5.76 Å². The first-order valence-corrected chi connectivity index (χ1v) is 5.61. The molecule has 0 aliphatic heterocycles.